The highest BCUT2D eigenvalue weighted by Gasteiger charge is 2.14. The summed E-state index contributed by atoms with van der Waals surface area (Å²) in [7, 11) is 0. The Morgan fingerprint density at radius 3 is 3.00 bits per heavy atom. The van der Waals surface area contributed by atoms with Crippen LogP contribution in [0.4, 0.5) is 0 Å². The van der Waals surface area contributed by atoms with Crippen LogP contribution in [-0.2, 0) is 13.0 Å². The van der Waals surface area contributed by atoms with Gasteiger partial charge >= 0.3 is 0 Å². The number of hydrogen-bond donors (Lipinski definition) is 2. The van der Waals surface area contributed by atoms with E-state index in [1.807, 2.05) is 0 Å². The second-order valence-electron chi connectivity index (χ2n) is 3.70. The normalized spacial score (nSPS) is 14.7. The average Bonchev–Trinajstić information content (AvgIpc) is 2.54. The minimum absolute atomic E-state index is 0. The third-order valence-electron chi connectivity index (χ3n) is 2.81. The van der Waals surface area contributed by atoms with Gasteiger partial charge in [0.15, 0.2) is 0 Å². The highest BCUT2D eigenvalue weighted by molar-refractivity contribution is 9.10. The van der Waals surface area contributed by atoms with Gasteiger partial charge in [-0.3, -0.25) is 0 Å². The van der Waals surface area contributed by atoms with Crippen LogP contribution in [0, 0.1) is 0 Å². The molecule has 1 aliphatic heterocycles. The molecular formula is C11H12BrClN2. The molecule has 2 N–H and O–H groups in total. The molecule has 2 nitrogen and oxygen atoms in total. The first-order chi connectivity index (χ1) is 6.84. The number of aromatic amines is 1. The van der Waals surface area contributed by atoms with Crippen molar-refractivity contribution in [3.63, 3.8) is 0 Å². The van der Waals surface area contributed by atoms with Gasteiger partial charge in [0, 0.05) is 40.6 Å². The Kier molecular flexibility index (Phi) is 3.05. The van der Waals surface area contributed by atoms with Crippen LogP contribution in [0.25, 0.3) is 10.9 Å². The van der Waals surface area contributed by atoms with Crippen molar-refractivity contribution in [2.75, 3.05) is 6.54 Å². The van der Waals surface area contributed by atoms with E-state index < -0.39 is 0 Å². The van der Waals surface area contributed by atoms with Crippen molar-refractivity contribution >= 4 is 39.2 Å². The quantitative estimate of drug-likeness (QED) is 0.766. The second kappa shape index (κ2) is 4.16. The highest BCUT2D eigenvalue weighted by Crippen LogP contribution is 2.27. The molecule has 0 saturated heterocycles. The molecule has 0 fully saturated rings. The minimum Gasteiger partial charge on any atom is -0.358 e. The Hall–Kier alpha value is -0.510. The molecule has 1 aliphatic rings. The van der Waals surface area contributed by atoms with E-state index in [1.54, 1.807) is 0 Å². The predicted molar refractivity (Wildman–Crippen MR) is 68.7 cm³/mol. The SMILES string of the molecule is Brc1ccc2c3c([nH]c2c1)CCNC3.Cl. The fourth-order valence-corrected chi connectivity index (χ4v) is 2.49. The van der Waals surface area contributed by atoms with Crippen LogP contribution in [-0.4, -0.2) is 11.5 Å². The van der Waals surface area contributed by atoms with Crippen molar-refractivity contribution in [2.24, 2.45) is 0 Å². The van der Waals surface area contributed by atoms with Gasteiger partial charge in [-0.15, -0.1) is 12.4 Å². The van der Waals surface area contributed by atoms with Crippen molar-refractivity contribution in [2.45, 2.75) is 13.0 Å². The molecule has 0 spiro atoms. The van der Waals surface area contributed by atoms with Crippen LogP contribution in [0.2, 0.25) is 0 Å². The summed E-state index contributed by atoms with van der Waals surface area (Å²) >= 11 is 3.49. The summed E-state index contributed by atoms with van der Waals surface area (Å²) in [6, 6.07) is 6.43. The maximum Gasteiger partial charge on any atom is 0.0470 e. The van der Waals surface area contributed by atoms with Crippen LogP contribution in [0.5, 0.6) is 0 Å². The molecule has 1 aromatic carbocycles. The summed E-state index contributed by atoms with van der Waals surface area (Å²) < 4.78 is 1.14. The van der Waals surface area contributed by atoms with Crippen LogP contribution in [0.3, 0.4) is 0 Å². The molecule has 80 valence electrons. The molecule has 0 atom stereocenters. The van der Waals surface area contributed by atoms with Crippen molar-refractivity contribution in [1.82, 2.24) is 10.3 Å². The van der Waals surface area contributed by atoms with Crippen LogP contribution in [0.15, 0.2) is 22.7 Å². The van der Waals surface area contributed by atoms with Crippen molar-refractivity contribution in [3.05, 3.63) is 33.9 Å². The lowest BCUT2D eigenvalue weighted by Crippen LogP contribution is -2.22. The van der Waals surface area contributed by atoms with Gasteiger partial charge in [-0.05, 0) is 17.7 Å². The van der Waals surface area contributed by atoms with E-state index in [0.29, 0.717) is 0 Å². The van der Waals surface area contributed by atoms with Crippen LogP contribution < -0.4 is 5.32 Å². The molecule has 0 aliphatic carbocycles. The van der Waals surface area contributed by atoms with E-state index >= 15 is 0 Å². The van der Waals surface area contributed by atoms with Gasteiger partial charge in [0.05, 0.1) is 0 Å². The lowest BCUT2D eigenvalue weighted by atomic mass is 10.1. The fourth-order valence-electron chi connectivity index (χ4n) is 2.13. The van der Waals surface area contributed by atoms with Crippen LogP contribution >= 0.6 is 28.3 Å². The number of fused-ring (bicyclic) bond motifs is 3. The smallest absolute Gasteiger partial charge is 0.0470 e. The van der Waals surface area contributed by atoms with E-state index in [2.05, 4.69) is 44.4 Å². The van der Waals surface area contributed by atoms with Gasteiger partial charge in [-0.25, -0.2) is 0 Å². The fraction of sp³-hybridized carbons (Fsp3) is 0.273. The molecular weight excluding hydrogens is 275 g/mol. The topological polar surface area (TPSA) is 27.8 Å². The average molecular weight is 288 g/mol. The molecule has 0 bridgehead atoms. The van der Waals surface area contributed by atoms with Crippen LogP contribution in [0.1, 0.15) is 11.3 Å². The Morgan fingerprint density at radius 2 is 2.13 bits per heavy atom. The zero-order chi connectivity index (χ0) is 9.54. The van der Waals surface area contributed by atoms with Gasteiger partial charge in [0.2, 0.25) is 0 Å². The third-order valence-corrected chi connectivity index (χ3v) is 3.30. The Labute approximate surface area is 103 Å². The Morgan fingerprint density at radius 1 is 1.27 bits per heavy atom. The summed E-state index contributed by atoms with van der Waals surface area (Å²) in [5, 5.41) is 4.76. The molecule has 1 aromatic heterocycles. The van der Waals surface area contributed by atoms with Crippen molar-refractivity contribution < 1.29 is 0 Å². The van der Waals surface area contributed by atoms with E-state index in [0.717, 1.165) is 24.0 Å². The summed E-state index contributed by atoms with van der Waals surface area (Å²) in [5.74, 6) is 0. The number of H-pyrrole nitrogens is 1. The lowest BCUT2D eigenvalue weighted by Gasteiger charge is -2.12. The molecule has 0 radical (unpaired) electrons. The van der Waals surface area contributed by atoms with E-state index in [4.69, 9.17) is 0 Å². The Bertz CT molecular complexity index is 493. The zero-order valence-corrected chi connectivity index (χ0v) is 10.5. The van der Waals surface area contributed by atoms with Gasteiger partial charge in [0.1, 0.15) is 0 Å². The van der Waals surface area contributed by atoms with E-state index in [1.165, 1.54) is 22.2 Å². The maximum atomic E-state index is 3.49. The molecule has 4 heteroatoms. The first-order valence-corrected chi connectivity index (χ1v) is 5.63. The molecule has 0 unspecified atom stereocenters. The Balaban J connectivity index is 0.000000853. The molecule has 0 saturated carbocycles. The highest BCUT2D eigenvalue weighted by atomic mass is 79.9. The number of nitrogens with one attached hydrogen (secondary N) is 2. The first-order valence-electron chi connectivity index (χ1n) is 4.84. The minimum atomic E-state index is 0. The molecule has 2 heterocycles. The molecule has 3 rings (SSSR count). The molecule has 15 heavy (non-hydrogen) atoms. The van der Waals surface area contributed by atoms with Gasteiger partial charge < -0.3 is 10.3 Å². The number of benzene rings is 1. The monoisotopic (exact) mass is 286 g/mol. The number of rotatable bonds is 0. The van der Waals surface area contributed by atoms with Gasteiger partial charge in [0.25, 0.3) is 0 Å². The van der Waals surface area contributed by atoms with Gasteiger partial charge in [-0.1, -0.05) is 22.0 Å². The van der Waals surface area contributed by atoms with E-state index in [9.17, 15) is 0 Å². The predicted octanol–water partition coefficient (Wildman–Crippen LogP) is 3.00. The lowest BCUT2D eigenvalue weighted by molar-refractivity contribution is 0.641. The maximum absolute atomic E-state index is 3.49. The summed E-state index contributed by atoms with van der Waals surface area (Å²) in [6.07, 6.45) is 1.11. The summed E-state index contributed by atoms with van der Waals surface area (Å²) in [6.45, 7) is 2.08. The largest absolute Gasteiger partial charge is 0.358 e. The number of halogens is 2. The van der Waals surface area contributed by atoms with E-state index in [-0.39, 0.29) is 12.4 Å². The third kappa shape index (κ3) is 1.80. The van der Waals surface area contributed by atoms with Crippen molar-refractivity contribution in [3.8, 4) is 0 Å². The summed E-state index contributed by atoms with van der Waals surface area (Å²) in [5.41, 5.74) is 4.09. The summed E-state index contributed by atoms with van der Waals surface area (Å²) in [4.78, 5) is 3.49. The first kappa shape index (κ1) is 11.0. The standard InChI is InChI=1S/C11H11BrN2.ClH/c12-7-1-2-8-9-6-13-4-3-10(9)14-11(8)5-7;/h1-2,5,13-14H,3-4,6H2;1H. The number of aromatic nitrogens is 1. The van der Waals surface area contributed by atoms with Gasteiger partial charge in [-0.2, -0.15) is 0 Å². The second-order valence-corrected chi connectivity index (χ2v) is 4.61. The van der Waals surface area contributed by atoms with Crippen molar-refractivity contribution in [1.29, 1.82) is 0 Å². The number of hydrogen-bond acceptors (Lipinski definition) is 1. The molecule has 0 amide bonds. The zero-order valence-electron chi connectivity index (χ0n) is 8.14. The molecule has 2 aromatic rings.